The summed E-state index contributed by atoms with van der Waals surface area (Å²) < 4.78 is 0. The van der Waals surface area contributed by atoms with E-state index in [2.05, 4.69) is 27.8 Å². The Morgan fingerprint density at radius 3 is 2.45 bits per heavy atom. The highest BCUT2D eigenvalue weighted by molar-refractivity contribution is 5.84. The Morgan fingerprint density at radius 1 is 1.10 bits per heavy atom. The van der Waals surface area contributed by atoms with Crippen molar-refractivity contribution in [1.82, 2.24) is 20.9 Å². The van der Waals surface area contributed by atoms with Crippen LogP contribution >= 0.6 is 0 Å². The molecule has 6 heteroatoms. The Balaban J connectivity index is 1.48. The van der Waals surface area contributed by atoms with Gasteiger partial charge in [0.05, 0.1) is 6.54 Å². The van der Waals surface area contributed by atoms with Crippen molar-refractivity contribution in [3.05, 3.63) is 0 Å². The quantitative estimate of drug-likeness (QED) is 0.656. The van der Waals surface area contributed by atoms with E-state index in [0.717, 1.165) is 38.4 Å². The SMILES string of the molecule is CC1CCN(CCNC(=O)NCC(=O)NC2CC2)CC1. The minimum Gasteiger partial charge on any atom is -0.352 e. The molecule has 1 saturated heterocycles. The Hall–Kier alpha value is -1.30. The van der Waals surface area contributed by atoms with Gasteiger partial charge in [0.2, 0.25) is 5.91 Å². The standard InChI is InChI=1S/C14H26N4O2/c1-11-4-7-18(8-5-11)9-6-15-14(20)16-10-13(19)17-12-2-3-12/h11-12H,2-10H2,1H3,(H,17,19)(H2,15,16,20). The molecule has 1 heterocycles. The van der Waals surface area contributed by atoms with E-state index in [9.17, 15) is 9.59 Å². The first kappa shape index (κ1) is 15.1. The molecule has 2 fully saturated rings. The number of nitrogens with zero attached hydrogens (tertiary/aromatic N) is 1. The van der Waals surface area contributed by atoms with E-state index in [-0.39, 0.29) is 18.5 Å². The van der Waals surface area contributed by atoms with Crippen LogP contribution in [0.15, 0.2) is 0 Å². The van der Waals surface area contributed by atoms with Crippen LogP contribution in [-0.4, -0.2) is 55.6 Å². The molecule has 114 valence electrons. The van der Waals surface area contributed by atoms with Gasteiger partial charge in [-0.15, -0.1) is 0 Å². The zero-order valence-electron chi connectivity index (χ0n) is 12.3. The number of amides is 3. The second kappa shape index (κ2) is 7.47. The van der Waals surface area contributed by atoms with Gasteiger partial charge in [-0.25, -0.2) is 4.79 Å². The van der Waals surface area contributed by atoms with Gasteiger partial charge in [0.15, 0.2) is 0 Å². The molecule has 0 aromatic carbocycles. The molecule has 1 aliphatic heterocycles. The lowest BCUT2D eigenvalue weighted by molar-refractivity contribution is -0.120. The molecule has 0 spiro atoms. The molecular formula is C14H26N4O2. The van der Waals surface area contributed by atoms with Gasteiger partial charge in [-0.2, -0.15) is 0 Å². The Kier molecular flexibility index (Phi) is 5.64. The summed E-state index contributed by atoms with van der Waals surface area (Å²) in [7, 11) is 0. The Morgan fingerprint density at radius 2 is 1.80 bits per heavy atom. The van der Waals surface area contributed by atoms with Gasteiger partial charge >= 0.3 is 6.03 Å². The third-order valence-corrected chi connectivity index (χ3v) is 3.94. The largest absolute Gasteiger partial charge is 0.352 e. The summed E-state index contributed by atoms with van der Waals surface area (Å²) in [6.07, 6.45) is 4.61. The molecule has 0 radical (unpaired) electrons. The normalized spacial score (nSPS) is 20.4. The van der Waals surface area contributed by atoms with Crippen molar-refractivity contribution in [2.75, 3.05) is 32.7 Å². The van der Waals surface area contributed by atoms with Gasteiger partial charge in [0, 0.05) is 19.1 Å². The van der Waals surface area contributed by atoms with E-state index in [4.69, 9.17) is 0 Å². The van der Waals surface area contributed by atoms with Gasteiger partial charge < -0.3 is 20.9 Å². The van der Waals surface area contributed by atoms with Crippen LogP contribution in [0.1, 0.15) is 32.6 Å². The van der Waals surface area contributed by atoms with Crippen LogP contribution < -0.4 is 16.0 Å². The topological polar surface area (TPSA) is 73.5 Å². The third kappa shape index (κ3) is 5.77. The number of hydrogen-bond acceptors (Lipinski definition) is 3. The van der Waals surface area contributed by atoms with E-state index in [1.165, 1.54) is 12.8 Å². The zero-order chi connectivity index (χ0) is 14.4. The predicted octanol–water partition coefficient (Wildman–Crippen LogP) is 0.296. The lowest BCUT2D eigenvalue weighted by Gasteiger charge is -2.30. The minimum absolute atomic E-state index is 0.0591. The maximum atomic E-state index is 11.5. The monoisotopic (exact) mass is 282 g/mol. The van der Waals surface area contributed by atoms with Crippen molar-refractivity contribution in [2.24, 2.45) is 5.92 Å². The van der Waals surface area contributed by atoms with Gasteiger partial charge in [-0.05, 0) is 44.7 Å². The van der Waals surface area contributed by atoms with Crippen LogP contribution in [0.5, 0.6) is 0 Å². The first-order valence-corrected chi connectivity index (χ1v) is 7.67. The number of urea groups is 1. The summed E-state index contributed by atoms with van der Waals surface area (Å²) in [6, 6.07) is 0.0789. The molecule has 3 N–H and O–H groups in total. The molecule has 1 aliphatic carbocycles. The molecule has 0 atom stereocenters. The van der Waals surface area contributed by atoms with E-state index < -0.39 is 0 Å². The van der Waals surface area contributed by atoms with Crippen molar-refractivity contribution < 1.29 is 9.59 Å². The summed E-state index contributed by atoms with van der Waals surface area (Å²) in [5, 5.41) is 8.20. The van der Waals surface area contributed by atoms with Crippen molar-refractivity contribution in [1.29, 1.82) is 0 Å². The smallest absolute Gasteiger partial charge is 0.315 e. The molecule has 1 saturated carbocycles. The second-order valence-electron chi connectivity index (χ2n) is 5.98. The summed E-state index contributed by atoms with van der Waals surface area (Å²) in [5.41, 5.74) is 0. The van der Waals surface area contributed by atoms with Crippen LogP contribution in [0.3, 0.4) is 0 Å². The maximum absolute atomic E-state index is 11.5. The first-order valence-electron chi connectivity index (χ1n) is 7.67. The molecule has 0 bridgehead atoms. The third-order valence-electron chi connectivity index (χ3n) is 3.94. The summed E-state index contributed by atoms with van der Waals surface area (Å²) in [5.74, 6) is 0.722. The molecule has 0 aromatic rings. The van der Waals surface area contributed by atoms with E-state index in [1.807, 2.05) is 0 Å². The average Bonchev–Trinajstić information content (AvgIpc) is 3.23. The number of hydrogen-bond donors (Lipinski definition) is 3. The molecule has 20 heavy (non-hydrogen) atoms. The molecule has 2 rings (SSSR count). The lowest BCUT2D eigenvalue weighted by Crippen LogP contribution is -2.45. The van der Waals surface area contributed by atoms with Crippen molar-refractivity contribution in [3.63, 3.8) is 0 Å². The fourth-order valence-electron chi connectivity index (χ4n) is 2.34. The predicted molar refractivity (Wildman–Crippen MR) is 77.4 cm³/mol. The van der Waals surface area contributed by atoms with Gasteiger partial charge in [0.1, 0.15) is 0 Å². The van der Waals surface area contributed by atoms with Crippen molar-refractivity contribution in [3.8, 4) is 0 Å². The average molecular weight is 282 g/mol. The number of carbonyl (C=O) groups is 2. The van der Waals surface area contributed by atoms with Crippen molar-refractivity contribution in [2.45, 2.75) is 38.6 Å². The fourth-order valence-corrected chi connectivity index (χ4v) is 2.34. The van der Waals surface area contributed by atoms with Gasteiger partial charge in [0.25, 0.3) is 0 Å². The molecule has 3 amide bonds. The number of likely N-dealkylation sites (tertiary alicyclic amines) is 1. The fraction of sp³-hybridized carbons (Fsp3) is 0.857. The molecular weight excluding hydrogens is 256 g/mol. The Bertz CT molecular complexity index is 336. The zero-order valence-corrected chi connectivity index (χ0v) is 12.3. The van der Waals surface area contributed by atoms with Gasteiger partial charge in [-0.1, -0.05) is 6.92 Å². The summed E-state index contributed by atoms with van der Waals surface area (Å²) >= 11 is 0. The van der Waals surface area contributed by atoms with E-state index in [1.54, 1.807) is 0 Å². The number of nitrogens with one attached hydrogen (secondary N) is 3. The molecule has 0 aromatic heterocycles. The van der Waals surface area contributed by atoms with Crippen LogP contribution in [-0.2, 0) is 4.79 Å². The minimum atomic E-state index is -0.263. The Labute approximate surface area is 120 Å². The van der Waals surface area contributed by atoms with Gasteiger partial charge in [-0.3, -0.25) is 4.79 Å². The first-order chi connectivity index (χ1) is 9.63. The number of carbonyl (C=O) groups excluding carboxylic acids is 2. The van der Waals surface area contributed by atoms with E-state index in [0.29, 0.717) is 12.6 Å². The summed E-state index contributed by atoms with van der Waals surface area (Å²) in [6.45, 7) is 6.10. The highest BCUT2D eigenvalue weighted by Gasteiger charge is 2.23. The van der Waals surface area contributed by atoms with Crippen LogP contribution in [0, 0.1) is 5.92 Å². The maximum Gasteiger partial charge on any atom is 0.315 e. The second-order valence-corrected chi connectivity index (χ2v) is 5.98. The molecule has 2 aliphatic rings. The lowest BCUT2D eigenvalue weighted by atomic mass is 9.99. The van der Waals surface area contributed by atoms with Crippen LogP contribution in [0.4, 0.5) is 4.79 Å². The van der Waals surface area contributed by atoms with Crippen LogP contribution in [0.25, 0.3) is 0 Å². The van der Waals surface area contributed by atoms with Crippen LogP contribution in [0.2, 0.25) is 0 Å². The molecule has 0 unspecified atom stereocenters. The highest BCUT2D eigenvalue weighted by atomic mass is 16.2. The van der Waals surface area contributed by atoms with Crippen molar-refractivity contribution >= 4 is 11.9 Å². The number of piperidine rings is 1. The van der Waals surface area contributed by atoms with E-state index >= 15 is 0 Å². The molecule has 6 nitrogen and oxygen atoms in total. The number of rotatable bonds is 6. The highest BCUT2D eigenvalue weighted by Crippen LogP contribution is 2.18. The summed E-state index contributed by atoms with van der Waals surface area (Å²) in [4.78, 5) is 25.3.